The van der Waals surface area contributed by atoms with Gasteiger partial charge in [-0.25, -0.2) is 4.39 Å². The minimum atomic E-state index is -0.546. The summed E-state index contributed by atoms with van der Waals surface area (Å²) in [4.78, 5) is 25.4. The van der Waals surface area contributed by atoms with Crippen LogP contribution in [0.3, 0.4) is 0 Å². The zero-order valence-electron chi connectivity index (χ0n) is 12.7. The first-order chi connectivity index (χ1) is 9.90. The van der Waals surface area contributed by atoms with Gasteiger partial charge in [-0.1, -0.05) is 0 Å². The molecule has 0 aliphatic carbocycles. The molecule has 0 radical (unpaired) electrons. The molecule has 1 amide bonds. The first kappa shape index (κ1) is 16.9. The summed E-state index contributed by atoms with van der Waals surface area (Å²) in [6.07, 6.45) is 0. The molecule has 116 valence electrons. The number of carbonyl (C=O) groups excluding carboxylic acids is 2. The van der Waals surface area contributed by atoms with Gasteiger partial charge in [-0.2, -0.15) is 0 Å². The SMILES string of the molecule is CCOC(=O)CN(C(=O)c1ccc(F)c(OC)c1)C(C)C. The Labute approximate surface area is 123 Å². The highest BCUT2D eigenvalue weighted by atomic mass is 19.1. The van der Waals surface area contributed by atoms with Crippen molar-refractivity contribution in [3.63, 3.8) is 0 Å². The fourth-order valence-corrected chi connectivity index (χ4v) is 1.79. The van der Waals surface area contributed by atoms with E-state index in [2.05, 4.69) is 0 Å². The lowest BCUT2D eigenvalue weighted by molar-refractivity contribution is -0.144. The molecule has 0 saturated heterocycles. The maximum Gasteiger partial charge on any atom is 0.325 e. The highest BCUT2D eigenvalue weighted by Crippen LogP contribution is 2.20. The summed E-state index contributed by atoms with van der Waals surface area (Å²) in [5.41, 5.74) is 0.256. The lowest BCUT2D eigenvalue weighted by Crippen LogP contribution is -2.41. The number of carbonyl (C=O) groups is 2. The Morgan fingerprint density at radius 3 is 2.52 bits per heavy atom. The second-order valence-corrected chi connectivity index (χ2v) is 4.68. The van der Waals surface area contributed by atoms with Crippen LogP contribution < -0.4 is 4.74 Å². The van der Waals surface area contributed by atoms with E-state index in [1.165, 1.54) is 24.1 Å². The fourth-order valence-electron chi connectivity index (χ4n) is 1.79. The van der Waals surface area contributed by atoms with Gasteiger partial charge in [-0.05, 0) is 39.0 Å². The summed E-state index contributed by atoms with van der Waals surface area (Å²) in [7, 11) is 1.32. The predicted octanol–water partition coefficient (Wildman–Crippen LogP) is 2.25. The molecule has 0 aromatic heterocycles. The van der Waals surface area contributed by atoms with Crippen molar-refractivity contribution in [2.45, 2.75) is 26.8 Å². The number of benzene rings is 1. The molecule has 0 N–H and O–H groups in total. The van der Waals surface area contributed by atoms with Gasteiger partial charge in [-0.3, -0.25) is 9.59 Å². The molecule has 0 saturated carbocycles. The summed E-state index contributed by atoms with van der Waals surface area (Å²) in [5.74, 6) is -1.42. The van der Waals surface area contributed by atoms with Gasteiger partial charge in [0.15, 0.2) is 11.6 Å². The van der Waals surface area contributed by atoms with Crippen molar-refractivity contribution >= 4 is 11.9 Å². The van der Waals surface area contributed by atoms with Crippen LogP contribution in [0.5, 0.6) is 5.75 Å². The van der Waals surface area contributed by atoms with Crippen molar-refractivity contribution in [3.8, 4) is 5.75 Å². The fraction of sp³-hybridized carbons (Fsp3) is 0.467. The van der Waals surface area contributed by atoms with Crippen LogP contribution in [0.2, 0.25) is 0 Å². The number of hydrogen-bond donors (Lipinski definition) is 0. The summed E-state index contributed by atoms with van der Waals surface area (Å²) >= 11 is 0. The molecule has 0 fully saturated rings. The van der Waals surface area contributed by atoms with Crippen LogP contribution in [-0.2, 0) is 9.53 Å². The Hall–Kier alpha value is -2.11. The van der Waals surface area contributed by atoms with Crippen molar-refractivity contribution in [2.75, 3.05) is 20.3 Å². The third-order valence-corrected chi connectivity index (χ3v) is 2.89. The maximum absolute atomic E-state index is 13.4. The molecule has 1 aromatic carbocycles. The maximum atomic E-state index is 13.4. The van der Waals surface area contributed by atoms with Crippen molar-refractivity contribution in [2.24, 2.45) is 0 Å². The largest absolute Gasteiger partial charge is 0.494 e. The molecule has 0 atom stereocenters. The van der Waals surface area contributed by atoms with E-state index in [1.54, 1.807) is 20.8 Å². The molecule has 5 nitrogen and oxygen atoms in total. The molecule has 6 heteroatoms. The molecule has 0 aliphatic heterocycles. The standard InChI is InChI=1S/C15H20FNO4/c1-5-21-14(18)9-17(10(2)3)15(19)11-6-7-12(16)13(8-11)20-4/h6-8,10H,5,9H2,1-4H3. The minimum Gasteiger partial charge on any atom is -0.494 e. The lowest BCUT2D eigenvalue weighted by atomic mass is 10.1. The van der Waals surface area contributed by atoms with Gasteiger partial charge in [0.05, 0.1) is 13.7 Å². The van der Waals surface area contributed by atoms with Crippen LogP contribution in [0.1, 0.15) is 31.1 Å². The van der Waals surface area contributed by atoms with Crippen LogP contribution in [0.15, 0.2) is 18.2 Å². The van der Waals surface area contributed by atoms with Gasteiger partial charge < -0.3 is 14.4 Å². The van der Waals surface area contributed by atoms with Gasteiger partial charge in [0.1, 0.15) is 6.54 Å². The first-order valence-electron chi connectivity index (χ1n) is 6.70. The van der Waals surface area contributed by atoms with E-state index >= 15 is 0 Å². The highest BCUT2D eigenvalue weighted by molar-refractivity contribution is 5.96. The van der Waals surface area contributed by atoms with Crippen LogP contribution in [-0.4, -0.2) is 43.1 Å². The molecule has 1 rings (SSSR count). The second-order valence-electron chi connectivity index (χ2n) is 4.68. The molecular formula is C15H20FNO4. The molecule has 1 aromatic rings. The van der Waals surface area contributed by atoms with Gasteiger partial charge in [0.2, 0.25) is 0 Å². The number of halogens is 1. The van der Waals surface area contributed by atoms with Crippen molar-refractivity contribution in [3.05, 3.63) is 29.6 Å². The Kier molecular flexibility index (Phi) is 6.14. The first-order valence-corrected chi connectivity index (χ1v) is 6.70. The summed E-state index contributed by atoms with van der Waals surface area (Å²) in [6.45, 7) is 5.38. The zero-order chi connectivity index (χ0) is 16.0. The predicted molar refractivity (Wildman–Crippen MR) is 75.8 cm³/mol. The van der Waals surface area contributed by atoms with Crippen LogP contribution >= 0.6 is 0 Å². The monoisotopic (exact) mass is 297 g/mol. The second kappa shape index (κ2) is 7.61. The number of nitrogens with zero attached hydrogens (tertiary/aromatic N) is 1. The minimum absolute atomic E-state index is 0.0132. The molecule has 0 aliphatic rings. The average Bonchev–Trinajstić information content (AvgIpc) is 2.44. The normalized spacial score (nSPS) is 10.4. The van der Waals surface area contributed by atoms with Crippen LogP contribution in [0.25, 0.3) is 0 Å². The van der Waals surface area contributed by atoms with E-state index in [4.69, 9.17) is 9.47 Å². The van der Waals surface area contributed by atoms with Crippen LogP contribution in [0.4, 0.5) is 4.39 Å². The number of esters is 1. The topological polar surface area (TPSA) is 55.8 Å². The number of hydrogen-bond acceptors (Lipinski definition) is 4. The van der Waals surface area contributed by atoms with Crippen LogP contribution in [0, 0.1) is 5.82 Å². The highest BCUT2D eigenvalue weighted by Gasteiger charge is 2.23. The van der Waals surface area contributed by atoms with Crippen molar-refractivity contribution in [1.82, 2.24) is 4.90 Å². The van der Waals surface area contributed by atoms with E-state index in [0.29, 0.717) is 0 Å². The lowest BCUT2D eigenvalue weighted by Gasteiger charge is -2.26. The van der Waals surface area contributed by atoms with Gasteiger partial charge in [0.25, 0.3) is 5.91 Å². The average molecular weight is 297 g/mol. The van der Waals surface area contributed by atoms with E-state index in [1.807, 2.05) is 0 Å². The Bertz CT molecular complexity index is 516. The number of rotatable bonds is 6. The Morgan fingerprint density at radius 2 is 2.00 bits per heavy atom. The van der Waals surface area contributed by atoms with E-state index in [0.717, 1.165) is 6.07 Å². The van der Waals surface area contributed by atoms with Gasteiger partial charge in [-0.15, -0.1) is 0 Å². The number of ether oxygens (including phenoxy) is 2. The smallest absolute Gasteiger partial charge is 0.325 e. The summed E-state index contributed by atoms with van der Waals surface area (Å²) in [6, 6.07) is 3.64. The number of methoxy groups -OCH3 is 1. The Morgan fingerprint density at radius 1 is 1.33 bits per heavy atom. The van der Waals surface area contributed by atoms with E-state index < -0.39 is 11.8 Å². The summed E-state index contributed by atoms with van der Waals surface area (Å²) in [5, 5.41) is 0. The van der Waals surface area contributed by atoms with Crippen molar-refractivity contribution < 1.29 is 23.5 Å². The molecule has 0 bridgehead atoms. The third kappa shape index (κ3) is 4.44. The van der Waals surface area contributed by atoms with E-state index in [-0.39, 0.29) is 36.4 Å². The summed E-state index contributed by atoms with van der Waals surface area (Å²) < 4.78 is 23.1. The molecular weight excluding hydrogens is 277 g/mol. The quantitative estimate of drug-likeness (QED) is 0.756. The molecule has 0 heterocycles. The molecule has 0 spiro atoms. The zero-order valence-corrected chi connectivity index (χ0v) is 12.7. The number of amides is 1. The molecule has 0 unspecified atom stereocenters. The van der Waals surface area contributed by atoms with E-state index in [9.17, 15) is 14.0 Å². The Balaban J connectivity index is 2.98. The van der Waals surface area contributed by atoms with Gasteiger partial charge in [0, 0.05) is 11.6 Å². The van der Waals surface area contributed by atoms with Crippen molar-refractivity contribution in [1.29, 1.82) is 0 Å². The molecule has 21 heavy (non-hydrogen) atoms. The third-order valence-electron chi connectivity index (χ3n) is 2.89. The van der Waals surface area contributed by atoms with Gasteiger partial charge >= 0.3 is 5.97 Å².